The smallest absolute Gasteiger partial charge is 0.0283 e. The average molecular weight is 103 g/mol. The standard InChI is InChI=1S/C4H13N3/c1-3-4-7(5)6-2/h6H,3-5H2,1-2H3. The van der Waals surface area contributed by atoms with Crippen LogP contribution in [0.2, 0.25) is 0 Å². The summed E-state index contributed by atoms with van der Waals surface area (Å²) in [6.07, 6.45) is 1.08. The van der Waals surface area contributed by atoms with Gasteiger partial charge in [-0.1, -0.05) is 6.92 Å². The first kappa shape index (κ1) is 6.88. The Morgan fingerprint density at radius 1 is 1.71 bits per heavy atom. The Morgan fingerprint density at radius 3 is 2.43 bits per heavy atom. The van der Waals surface area contributed by atoms with E-state index in [1.165, 1.54) is 0 Å². The second-order valence-corrected chi connectivity index (χ2v) is 1.42. The third kappa shape index (κ3) is 3.72. The average Bonchev–Trinajstić information content (AvgIpc) is 1.68. The molecule has 0 radical (unpaired) electrons. The summed E-state index contributed by atoms with van der Waals surface area (Å²) in [5, 5.41) is 1.56. The number of hydrogen-bond donors (Lipinski definition) is 2. The summed E-state index contributed by atoms with van der Waals surface area (Å²) >= 11 is 0. The maximum atomic E-state index is 5.31. The molecule has 0 aromatic heterocycles. The van der Waals surface area contributed by atoms with Gasteiger partial charge in [-0.05, 0) is 6.42 Å². The van der Waals surface area contributed by atoms with Crippen LogP contribution in [0, 0.1) is 0 Å². The lowest BCUT2D eigenvalue weighted by molar-refractivity contribution is 0.214. The molecular formula is C4H13N3. The van der Waals surface area contributed by atoms with E-state index >= 15 is 0 Å². The Labute approximate surface area is 44.4 Å². The van der Waals surface area contributed by atoms with Gasteiger partial charge < -0.3 is 0 Å². The molecule has 0 aromatic rings. The van der Waals surface area contributed by atoms with Gasteiger partial charge in [0.15, 0.2) is 0 Å². The van der Waals surface area contributed by atoms with E-state index in [4.69, 9.17) is 5.84 Å². The number of rotatable bonds is 3. The van der Waals surface area contributed by atoms with Gasteiger partial charge in [-0.2, -0.15) is 5.12 Å². The highest BCUT2D eigenvalue weighted by Crippen LogP contribution is 1.73. The van der Waals surface area contributed by atoms with Gasteiger partial charge in [-0.15, -0.1) is 0 Å². The minimum absolute atomic E-state index is 0.899. The molecule has 0 bridgehead atoms. The van der Waals surface area contributed by atoms with Crippen molar-refractivity contribution in [1.29, 1.82) is 0 Å². The second kappa shape index (κ2) is 4.05. The molecule has 0 heterocycles. The monoisotopic (exact) mass is 103 g/mol. The number of nitrogens with zero attached hydrogens (tertiary/aromatic N) is 1. The first-order valence-corrected chi connectivity index (χ1v) is 2.51. The van der Waals surface area contributed by atoms with Crippen molar-refractivity contribution in [2.45, 2.75) is 13.3 Å². The van der Waals surface area contributed by atoms with E-state index in [-0.39, 0.29) is 0 Å². The molecule has 0 aromatic carbocycles. The molecule has 0 amide bonds. The topological polar surface area (TPSA) is 41.3 Å². The van der Waals surface area contributed by atoms with E-state index in [9.17, 15) is 0 Å². The predicted molar refractivity (Wildman–Crippen MR) is 30.2 cm³/mol. The van der Waals surface area contributed by atoms with E-state index in [0.29, 0.717) is 0 Å². The summed E-state index contributed by atoms with van der Waals surface area (Å²) in [4.78, 5) is 0. The third-order valence-corrected chi connectivity index (χ3v) is 0.752. The predicted octanol–water partition coefficient (Wildman–Crippen LogP) is -0.294. The minimum atomic E-state index is 0.899. The van der Waals surface area contributed by atoms with E-state index in [1.54, 1.807) is 12.2 Å². The van der Waals surface area contributed by atoms with Gasteiger partial charge in [0.1, 0.15) is 0 Å². The molecule has 0 saturated heterocycles. The van der Waals surface area contributed by atoms with E-state index in [0.717, 1.165) is 13.0 Å². The summed E-state index contributed by atoms with van der Waals surface area (Å²) in [7, 11) is 1.80. The summed E-state index contributed by atoms with van der Waals surface area (Å²) in [5.74, 6) is 5.31. The van der Waals surface area contributed by atoms with Gasteiger partial charge in [0.25, 0.3) is 0 Å². The van der Waals surface area contributed by atoms with Crippen molar-refractivity contribution >= 4 is 0 Å². The van der Waals surface area contributed by atoms with Gasteiger partial charge in [-0.3, -0.25) is 5.84 Å². The van der Waals surface area contributed by atoms with Crippen LogP contribution in [0.3, 0.4) is 0 Å². The SMILES string of the molecule is CCCN(N)NC. The van der Waals surface area contributed by atoms with Gasteiger partial charge >= 0.3 is 0 Å². The molecule has 7 heavy (non-hydrogen) atoms. The summed E-state index contributed by atoms with van der Waals surface area (Å²) in [6.45, 7) is 2.98. The van der Waals surface area contributed by atoms with Crippen molar-refractivity contribution in [2.75, 3.05) is 13.6 Å². The number of nitrogens with one attached hydrogen (secondary N) is 1. The molecule has 3 heteroatoms. The Bertz CT molecular complexity index is 37.9. The van der Waals surface area contributed by atoms with Crippen LogP contribution in [0.1, 0.15) is 13.3 Å². The molecular weight excluding hydrogens is 90.1 g/mol. The van der Waals surface area contributed by atoms with Crippen molar-refractivity contribution in [3.05, 3.63) is 0 Å². The lowest BCUT2D eigenvalue weighted by atomic mass is 10.5. The molecule has 0 aliphatic heterocycles. The highest BCUT2D eigenvalue weighted by atomic mass is 15.6. The summed E-state index contributed by atoms with van der Waals surface area (Å²) < 4.78 is 0. The van der Waals surface area contributed by atoms with Crippen LogP contribution in [0.15, 0.2) is 0 Å². The molecule has 0 saturated carbocycles. The second-order valence-electron chi connectivity index (χ2n) is 1.42. The number of nitrogens with two attached hydrogens (primary N) is 1. The van der Waals surface area contributed by atoms with Crippen LogP contribution >= 0.6 is 0 Å². The molecule has 44 valence electrons. The third-order valence-electron chi connectivity index (χ3n) is 0.752. The highest BCUT2D eigenvalue weighted by molar-refractivity contribution is 4.31. The molecule has 0 unspecified atom stereocenters. The highest BCUT2D eigenvalue weighted by Gasteiger charge is 1.85. The molecule has 0 aliphatic rings. The van der Waals surface area contributed by atoms with E-state index in [1.807, 2.05) is 0 Å². The maximum Gasteiger partial charge on any atom is 0.0283 e. The van der Waals surface area contributed by atoms with Crippen LogP contribution in [0.25, 0.3) is 0 Å². The molecule has 0 aliphatic carbocycles. The zero-order chi connectivity index (χ0) is 5.70. The Kier molecular flexibility index (Phi) is 3.98. The van der Waals surface area contributed by atoms with Crippen molar-refractivity contribution in [1.82, 2.24) is 10.5 Å². The number of hydrazine groups is 2. The van der Waals surface area contributed by atoms with Crippen molar-refractivity contribution in [2.24, 2.45) is 5.84 Å². The van der Waals surface area contributed by atoms with Crippen LogP contribution in [0.4, 0.5) is 0 Å². The molecule has 3 nitrogen and oxygen atoms in total. The van der Waals surface area contributed by atoms with Gasteiger partial charge in [0, 0.05) is 13.6 Å². The number of hydrogen-bond acceptors (Lipinski definition) is 3. The molecule has 0 rings (SSSR count). The Balaban J connectivity index is 2.83. The Hall–Kier alpha value is -0.120. The summed E-state index contributed by atoms with van der Waals surface area (Å²) in [6, 6.07) is 0. The maximum absolute atomic E-state index is 5.31. The van der Waals surface area contributed by atoms with Crippen LogP contribution in [0.5, 0.6) is 0 Å². The van der Waals surface area contributed by atoms with Gasteiger partial charge in [0.2, 0.25) is 0 Å². The normalized spacial score (nSPS) is 10.3. The van der Waals surface area contributed by atoms with Crippen LogP contribution in [-0.4, -0.2) is 18.7 Å². The lowest BCUT2D eigenvalue weighted by Crippen LogP contribution is -2.41. The zero-order valence-corrected chi connectivity index (χ0v) is 4.94. The fourth-order valence-corrected chi connectivity index (χ4v) is 0.353. The molecule has 0 fully saturated rings. The lowest BCUT2D eigenvalue weighted by Gasteiger charge is -2.11. The zero-order valence-electron chi connectivity index (χ0n) is 4.94. The van der Waals surface area contributed by atoms with E-state index < -0.39 is 0 Å². The van der Waals surface area contributed by atoms with Crippen molar-refractivity contribution in [3.63, 3.8) is 0 Å². The molecule has 0 atom stereocenters. The van der Waals surface area contributed by atoms with Crippen LogP contribution in [-0.2, 0) is 0 Å². The minimum Gasteiger partial charge on any atom is -0.255 e. The summed E-state index contributed by atoms with van der Waals surface area (Å²) in [5.41, 5.74) is 2.78. The van der Waals surface area contributed by atoms with Gasteiger partial charge in [-0.25, -0.2) is 5.43 Å². The van der Waals surface area contributed by atoms with Gasteiger partial charge in [0.05, 0.1) is 0 Å². The van der Waals surface area contributed by atoms with Crippen molar-refractivity contribution in [3.8, 4) is 0 Å². The van der Waals surface area contributed by atoms with Crippen molar-refractivity contribution < 1.29 is 0 Å². The Morgan fingerprint density at radius 2 is 2.29 bits per heavy atom. The quantitative estimate of drug-likeness (QED) is 0.381. The van der Waals surface area contributed by atoms with Crippen LogP contribution < -0.4 is 11.3 Å². The van der Waals surface area contributed by atoms with E-state index in [2.05, 4.69) is 12.3 Å². The first-order valence-electron chi connectivity index (χ1n) is 2.51. The molecule has 0 spiro atoms. The molecule has 3 N–H and O–H groups in total. The fraction of sp³-hybridized carbons (Fsp3) is 1.00. The fourth-order valence-electron chi connectivity index (χ4n) is 0.353. The first-order chi connectivity index (χ1) is 3.31. The largest absolute Gasteiger partial charge is 0.255 e.